The van der Waals surface area contributed by atoms with Crippen LogP contribution in [0.2, 0.25) is 0 Å². The molecule has 1 amide bonds. The topological polar surface area (TPSA) is 84.9 Å². The summed E-state index contributed by atoms with van der Waals surface area (Å²) in [6, 6.07) is 11.7. The third-order valence-corrected chi connectivity index (χ3v) is 7.02. The van der Waals surface area contributed by atoms with Crippen LogP contribution in [0, 0.1) is 3.57 Å². The maximum atomic E-state index is 13.1. The van der Waals surface area contributed by atoms with E-state index in [0.717, 1.165) is 3.57 Å². The smallest absolute Gasteiger partial charge is 0.256 e. The Hall–Kier alpha value is -1.69. The summed E-state index contributed by atoms with van der Waals surface area (Å²) in [7, 11) is -2.34. The van der Waals surface area contributed by atoms with E-state index in [4.69, 9.17) is 9.47 Å². The number of morpholine rings is 1. The van der Waals surface area contributed by atoms with Crippen molar-refractivity contribution in [1.82, 2.24) is 4.31 Å². The summed E-state index contributed by atoms with van der Waals surface area (Å²) in [5.41, 5.74) is 0.690. The zero-order chi connectivity index (χ0) is 19.4. The van der Waals surface area contributed by atoms with Gasteiger partial charge < -0.3 is 14.8 Å². The molecule has 3 rings (SSSR count). The van der Waals surface area contributed by atoms with Crippen LogP contribution in [-0.4, -0.2) is 52.0 Å². The van der Waals surface area contributed by atoms with Crippen molar-refractivity contribution in [3.05, 3.63) is 51.6 Å². The number of hydrogen-bond donors (Lipinski definition) is 1. The summed E-state index contributed by atoms with van der Waals surface area (Å²) in [6.45, 7) is 1.22. The van der Waals surface area contributed by atoms with Gasteiger partial charge in [-0.3, -0.25) is 4.79 Å². The van der Waals surface area contributed by atoms with Gasteiger partial charge in [0.25, 0.3) is 5.91 Å². The molecule has 0 aliphatic carbocycles. The van der Waals surface area contributed by atoms with Crippen LogP contribution in [0.3, 0.4) is 0 Å². The highest BCUT2D eigenvalue weighted by molar-refractivity contribution is 14.1. The Morgan fingerprint density at radius 2 is 1.89 bits per heavy atom. The maximum absolute atomic E-state index is 13.1. The maximum Gasteiger partial charge on any atom is 0.256 e. The summed E-state index contributed by atoms with van der Waals surface area (Å²) in [5, 5.41) is 2.73. The largest absolute Gasteiger partial charge is 0.497 e. The van der Waals surface area contributed by atoms with Crippen molar-refractivity contribution < 1.29 is 22.7 Å². The molecule has 1 N–H and O–H groups in total. The van der Waals surface area contributed by atoms with E-state index in [1.165, 1.54) is 17.5 Å². The molecular formula is C18H19IN2O5S. The predicted octanol–water partition coefficient (Wildman–Crippen LogP) is 2.57. The van der Waals surface area contributed by atoms with Gasteiger partial charge >= 0.3 is 0 Å². The molecule has 0 saturated carbocycles. The zero-order valence-corrected chi connectivity index (χ0v) is 17.6. The molecule has 1 heterocycles. The van der Waals surface area contributed by atoms with Crippen LogP contribution in [0.15, 0.2) is 47.4 Å². The molecule has 0 atom stereocenters. The highest BCUT2D eigenvalue weighted by Gasteiger charge is 2.30. The second kappa shape index (κ2) is 8.55. The fraction of sp³-hybridized carbons (Fsp3) is 0.278. The van der Waals surface area contributed by atoms with Crippen molar-refractivity contribution in [2.24, 2.45) is 0 Å². The van der Waals surface area contributed by atoms with Crippen molar-refractivity contribution in [2.45, 2.75) is 4.90 Å². The number of hydrogen-bond acceptors (Lipinski definition) is 5. The summed E-state index contributed by atoms with van der Waals surface area (Å²) < 4.78 is 38.8. The highest BCUT2D eigenvalue weighted by atomic mass is 127. The first kappa shape index (κ1) is 20.1. The lowest BCUT2D eigenvalue weighted by atomic mass is 10.2. The number of carbonyl (C=O) groups excluding carboxylic acids is 1. The SMILES string of the molecule is COc1ccc(NC(=O)c2ccccc2I)c(S(=O)(=O)N2CCOCC2)c1. The lowest BCUT2D eigenvalue weighted by Crippen LogP contribution is -2.40. The molecule has 0 spiro atoms. The van der Waals surface area contributed by atoms with Crippen LogP contribution in [0.5, 0.6) is 5.75 Å². The molecule has 2 aromatic rings. The standard InChI is InChI=1S/C18H19IN2O5S/c1-25-13-6-7-16(20-18(22)14-4-2-3-5-15(14)19)17(12-13)27(23,24)21-8-10-26-11-9-21/h2-7,12H,8-11H2,1H3,(H,20,22). The van der Waals surface area contributed by atoms with E-state index >= 15 is 0 Å². The molecule has 0 bridgehead atoms. The quantitative estimate of drug-likeness (QED) is 0.636. The Morgan fingerprint density at radius 3 is 2.56 bits per heavy atom. The molecular weight excluding hydrogens is 483 g/mol. The van der Waals surface area contributed by atoms with Crippen molar-refractivity contribution in [2.75, 3.05) is 38.7 Å². The van der Waals surface area contributed by atoms with E-state index in [2.05, 4.69) is 27.9 Å². The molecule has 1 saturated heterocycles. The summed E-state index contributed by atoms with van der Waals surface area (Å²) in [4.78, 5) is 12.7. The number of halogens is 1. The minimum Gasteiger partial charge on any atom is -0.497 e. The summed E-state index contributed by atoms with van der Waals surface area (Å²) in [6.07, 6.45) is 0. The number of benzene rings is 2. The van der Waals surface area contributed by atoms with Gasteiger partial charge in [-0.15, -0.1) is 0 Å². The van der Waals surface area contributed by atoms with Gasteiger partial charge in [-0.25, -0.2) is 8.42 Å². The Kier molecular flexibility index (Phi) is 6.35. The number of nitrogens with one attached hydrogen (secondary N) is 1. The third kappa shape index (κ3) is 4.42. The van der Waals surface area contributed by atoms with Crippen LogP contribution in [0.25, 0.3) is 0 Å². The molecule has 0 unspecified atom stereocenters. The average Bonchev–Trinajstić information content (AvgIpc) is 2.69. The fourth-order valence-corrected chi connectivity index (χ4v) is 4.91. The highest BCUT2D eigenvalue weighted by Crippen LogP contribution is 2.30. The monoisotopic (exact) mass is 502 g/mol. The first-order valence-electron chi connectivity index (χ1n) is 8.25. The molecule has 0 radical (unpaired) electrons. The molecule has 27 heavy (non-hydrogen) atoms. The zero-order valence-electron chi connectivity index (χ0n) is 14.6. The van der Waals surface area contributed by atoms with Crippen LogP contribution < -0.4 is 10.1 Å². The summed E-state index contributed by atoms with van der Waals surface area (Å²) in [5.74, 6) is 0.0257. The fourth-order valence-electron chi connectivity index (χ4n) is 2.71. The minimum atomic E-state index is -3.81. The van der Waals surface area contributed by atoms with Gasteiger partial charge in [0.05, 0.1) is 31.6 Å². The number of nitrogens with zero attached hydrogens (tertiary/aromatic N) is 1. The molecule has 7 nitrogen and oxygen atoms in total. The van der Waals surface area contributed by atoms with Gasteiger partial charge in [0, 0.05) is 22.7 Å². The van der Waals surface area contributed by atoms with Gasteiger partial charge in [0.1, 0.15) is 10.6 Å². The minimum absolute atomic E-state index is 0.00281. The van der Waals surface area contributed by atoms with E-state index in [0.29, 0.717) is 24.5 Å². The van der Waals surface area contributed by atoms with Crippen LogP contribution in [-0.2, 0) is 14.8 Å². The lowest BCUT2D eigenvalue weighted by Gasteiger charge is -2.27. The number of ether oxygens (including phenoxy) is 2. The molecule has 1 aliphatic heterocycles. The lowest BCUT2D eigenvalue weighted by molar-refractivity contribution is 0.0730. The van der Waals surface area contributed by atoms with Crippen molar-refractivity contribution in [1.29, 1.82) is 0 Å². The summed E-state index contributed by atoms with van der Waals surface area (Å²) >= 11 is 2.07. The number of methoxy groups -OCH3 is 1. The number of sulfonamides is 1. The predicted molar refractivity (Wildman–Crippen MR) is 110 cm³/mol. The van der Waals surface area contributed by atoms with Gasteiger partial charge in [0.15, 0.2) is 0 Å². The molecule has 0 aromatic heterocycles. The van der Waals surface area contributed by atoms with Crippen LogP contribution in [0.4, 0.5) is 5.69 Å². The van der Waals surface area contributed by atoms with Gasteiger partial charge in [0.2, 0.25) is 10.0 Å². The third-order valence-electron chi connectivity index (χ3n) is 4.14. The average molecular weight is 502 g/mol. The Bertz CT molecular complexity index is 943. The van der Waals surface area contributed by atoms with Crippen molar-refractivity contribution in [3.63, 3.8) is 0 Å². The normalized spacial score (nSPS) is 15.3. The molecule has 2 aromatic carbocycles. The van der Waals surface area contributed by atoms with E-state index in [-0.39, 0.29) is 29.6 Å². The Labute approximate surface area is 171 Å². The molecule has 9 heteroatoms. The first-order chi connectivity index (χ1) is 12.9. The van der Waals surface area contributed by atoms with Crippen LogP contribution >= 0.6 is 22.6 Å². The van der Waals surface area contributed by atoms with E-state index in [1.54, 1.807) is 24.3 Å². The Morgan fingerprint density at radius 1 is 1.19 bits per heavy atom. The number of amides is 1. The van der Waals surface area contributed by atoms with Crippen molar-refractivity contribution >= 4 is 44.2 Å². The van der Waals surface area contributed by atoms with Gasteiger partial charge in [-0.1, -0.05) is 12.1 Å². The molecule has 1 aliphatic rings. The van der Waals surface area contributed by atoms with E-state index < -0.39 is 10.0 Å². The van der Waals surface area contributed by atoms with E-state index in [1.807, 2.05) is 12.1 Å². The number of anilines is 1. The van der Waals surface area contributed by atoms with Crippen LogP contribution in [0.1, 0.15) is 10.4 Å². The first-order valence-corrected chi connectivity index (χ1v) is 10.8. The van der Waals surface area contributed by atoms with E-state index in [9.17, 15) is 13.2 Å². The number of rotatable bonds is 5. The molecule has 1 fully saturated rings. The molecule has 144 valence electrons. The Balaban J connectivity index is 1.98. The van der Waals surface area contributed by atoms with Gasteiger partial charge in [-0.2, -0.15) is 4.31 Å². The van der Waals surface area contributed by atoms with Crippen molar-refractivity contribution in [3.8, 4) is 5.75 Å². The van der Waals surface area contributed by atoms with Gasteiger partial charge in [-0.05, 0) is 46.9 Å². The number of carbonyl (C=O) groups is 1. The second-order valence-electron chi connectivity index (χ2n) is 5.81. The second-order valence-corrected chi connectivity index (χ2v) is 8.88.